The van der Waals surface area contributed by atoms with E-state index in [1.807, 2.05) is 24.4 Å². The highest BCUT2D eigenvalue weighted by Crippen LogP contribution is 2.28. The van der Waals surface area contributed by atoms with Crippen molar-refractivity contribution >= 4 is 32.8 Å². The van der Waals surface area contributed by atoms with Crippen molar-refractivity contribution in [2.45, 2.75) is 36.2 Å². The Morgan fingerprint density at radius 2 is 1.90 bits per heavy atom. The maximum atomic E-state index is 12.5. The summed E-state index contributed by atoms with van der Waals surface area (Å²) in [5.74, 6) is 1.52. The number of aryl methyl sites for hydroxylation is 2. The highest BCUT2D eigenvalue weighted by molar-refractivity contribution is 7.98. The van der Waals surface area contributed by atoms with Crippen molar-refractivity contribution in [1.29, 1.82) is 0 Å². The number of rotatable bonds is 7. The van der Waals surface area contributed by atoms with E-state index in [-0.39, 0.29) is 4.90 Å². The highest BCUT2D eigenvalue weighted by atomic mass is 32.2. The number of hydrogen-bond acceptors (Lipinski definition) is 5. The maximum absolute atomic E-state index is 12.5. The van der Waals surface area contributed by atoms with Crippen molar-refractivity contribution in [2.75, 3.05) is 14.1 Å². The lowest BCUT2D eigenvalue weighted by atomic mass is 10.2. The smallest absolute Gasteiger partial charge is 0.242 e. The Hall–Kier alpha value is -2.62. The predicted molar refractivity (Wildman–Crippen MR) is 124 cm³/mol. The maximum Gasteiger partial charge on any atom is 0.242 e. The van der Waals surface area contributed by atoms with Crippen LogP contribution in [0.2, 0.25) is 0 Å². The van der Waals surface area contributed by atoms with Gasteiger partial charge in [-0.2, -0.15) is 0 Å². The number of para-hydroxylation sites is 1. The van der Waals surface area contributed by atoms with Gasteiger partial charge in [-0.15, -0.1) is 0 Å². The van der Waals surface area contributed by atoms with E-state index in [9.17, 15) is 8.42 Å². The van der Waals surface area contributed by atoms with Crippen molar-refractivity contribution in [3.8, 4) is 5.69 Å². The Labute approximate surface area is 186 Å². The zero-order valence-corrected chi connectivity index (χ0v) is 19.6. The second-order valence-corrected chi connectivity index (χ2v) is 10.5. The van der Waals surface area contributed by atoms with Gasteiger partial charge in [0.05, 0.1) is 27.4 Å². The second kappa shape index (κ2) is 8.49. The summed E-state index contributed by atoms with van der Waals surface area (Å²) < 4.78 is 30.4. The SMILES string of the molecule is CCn1c(CSc2nccn2-c2ccccc2C)nc2cc(S(=O)(=O)N(C)C)ccc21. The monoisotopic (exact) mass is 455 g/mol. The van der Waals surface area contributed by atoms with Crippen LogP contribution in [0, 0.1) is 6.92 Å². The average molecular weight is 456 g/mol. The second-order valence-electron chi connectivity index (χ2n) is 7.37. The Kier molecular flexibility index (Phi) is 5.92. The number of nitrogens with zero attached hydrogens (tertiary/aromatic N) is 5. The van der Waals surface area contributed by atoms with Crippen molar-refractivity contribution < 1.29 is 8.42 Å². The van der Waals surface area contributed by atoms with Gasteiger partial charge in [0.2, 0.25) is 10.0 Å². The molecule has 0 atom stereocenters. The molecular formula is C22H25N5O2S2. The molecule has 0 aliphatic carbocycles. The van der Waals surface area contributed by atoms with E-state index >= 15 is 0 Å². The van der Waals surface area contributed by atoms with Crippen LogP contribution >= 0.6 is 11.8 Å². The third kappa shape index (κ3) is 4.00. The van der Waals surface area contributed by atoms with Crippen LogP contribution < -0.4 is 0 Å². The molecule has 0 saturated heterocycles. The van der Waals surface area contributed by atoms with Gasteiger partial charge in [0.15, 0.2) is 5.16 Å². The predicted octanol–water partition coefficient (Wildman–Crippen LogP) is 4.09. The fourth-order valence-electron chi connectivity index (χ4n) is 3.54. The van der Waals surface area contributed by atoms with E-state index in [4.69, 9.17) is 4.98 Å². The number of sulfonamides is 1. The molecule has 0 fully saturated rings. The molecule has 0 N–H and O–H groups in total. The van der Waals surface area contributed by atoms with E-state index in [1.54, 1.807) is 30.1 Å². The Balaban J connectivity index is 1.66. The first-order valence-electron chi connectivity index (χ1n) is 9.96. The number of fused-ring (bicyclic) bond motifs is 1. The summed E-state index contributed by atoms with van der Waals surface area (Å²) in [5.41, 5.74) is 3.89. The molecule has 0 spiro atoms. The molecule has 7 nitrogen and oxygen atoms in total. The molecular weight excluding hydrogens is 430 g/mol. The number of benzene rings is 2. The quantitative estimate of drug-likeness (QED) is 0.393. The number of hydrogen-bond donors (Lipinski definition) is 0. The Bertz CT molecular complexity index is 1340. The van der Waals surface area contributed by atoms with E-state index in [2.05, 4.69) is 40.1 Å². The van der Waals surface area contributed by atoms with Crippen LogP contribution in [0.1, 0.15) is 18.3 Å². The third-order valence-electron chi connectivity index (χ3n) is 5.21. The molecule has 0 unspecified atom stereocenters. The number of aromatic nitrogens is 4. The molecule has 2 aromatic heterocycles. The molecule has 0 amide bonds. The summed E-state index contributed by atoms with van der Waals surface area (Å²) in [6.45, 7) is 4.89. The van der Waals surface area contributed by atoms with E-state index < -0.39 is 10.0 Å². The summed E-state index contributed by atoms with van der Waals surface area (Å²) in [7, 11) is -0.440. The van der Waals surface area contributed by atoms with Crippen LogP contribution in [0.25, 0.3) is 16.7 Å². The minimum absolute atomic E-state index is 0.250. The van der Waals surface area contributed by atoms with Crippen LogP contribution in [0.15, 0.2) is 64.9 Å². The lowest BCUT2D eigenvalue weighted by Crippen LogP contribution is -2.22. The molecule has 2 heterocycles. The van der Waals surface area contributed by atoms with E-state index in [1.165, 1.54) is 24.0 Å². The van der Waals surface area contributed by atoms with Gasteiger partial charge < -0.3 is 4.57 Å². The standard InChI is InChI=1S/C22H25N5O2S2/c1-5-26-20-11-10-17(31(28,29)25(3)4)14-18(20)24-21(26)15-30-22-23-12-13-27(22)19-9-7-6-8-16(19)2/h6-14H,5,15H2,1-4H3. The first-order chi connectivity index (χ1) is 14.8. The van der Waals surface area contributed by atoms with Gasteiger partial charge in [0, 0.05) is 33.0 Å². The van der Waals surface area contributed by atoms with Crippen molar-refractivity contribution in [3.63, 3.8) is 0 Å². The summed E-state index contributed by atoms with van der Waals surface area (Å²) in [4.78, 5) is 9.54. The number of thioether (sulfide) groups is 1. The van der Waals surface area contributed by atoms with Crippen molar-refractivity contribution in [1.82, 2.24) is 23.4 Å². The Morgan fingerprint density at radius 1 is 1.13 bits per heavy atom. The molecule has 0 radical (unpaired) electrons. The molecule has 162 valence electrons. The Morgan fingerprint density at radius 3 is 2.61 bits per heavy atom. The lowest BCUT2D eigenvalue weighted by molar-refractivity contribution is 0.521. The number of imidazole rings is 2. The van der Waals surface area contributed by atoms with Gasteiger partial charge in [-0.05, 0) is 43.7 Å². The van der Waals surface area contributed by atoms with Gasteiger partial charge >= 0.3 is 0 Å². The molecule has 4 rings (SSSR count). The highest BCUT2D eigenvalue weighted by Gasteiger charge is 2.20. The lowest BCUT2D eigenvalue weighted by Gasteiger charge is -2.11. The molecule has 0 aliphatic heterocycles. The fraction of sp³-hybridized carbons (Fsp3) is 0.273. The minimum atomic E-state index is -3.50. The van der Waals surface area contributed by atoms with Gasteiger partial charge in [-0.3, -0.25) is 4.57 Å². The fourth-order valence-corrected chi connectivity index (χ4v) is 5.37. The van der Waals surface area contributed by atoms with Gasteiger partial charge in [-0.1, -0.05) is 30.0 Å². The van der Waals surface area contributed by atoms with Crippen LogP contribution in [0.4, 0.5) is 0 Å². The molecule has 2 aromatic carbocycles. The average Bonchev–Trinajstić information content (AvgIpc) is 3.35. The van der Waals surface area contributed by atoms with E-state index in [0.717, 1.165) is 28.7 Å². The summed E-state index contributed by atoms with van der Waals surface area (Å²) in [6.07, 6.45) is 3.77. The normalized spacial score (nSPS) is 12.2. The van der Waals surface area contributed by atoms with Gasteiger partial charge in [0.1, 0.15) is 5.82 Å². The summed E-state index contributed by atoms with van der Waals surface area (Å²) in [6, 6.07) is 13.3. The van der Waals surface area contributed by atoms with Crippen molar-refractivity contribution in [3.05, 3.63) is 66.2 Å². The largest absolute Gasteiger partial charge is 0.328 e. The first kappa shape index (κ1) is 21.6. The zero-order valence-electron chi connectivity index (χ0n) is 18.0. The summed E-state index contributed by atoms with van der Waals surface area (Å²) in [5, 5.41) is 0.889. The molecule has 0 aliphatic rings. The topological polar surface area (TPSA) is 73.0 Å². The van der Waals surface area contributed by atoms with Crippen LogP contribution in [-0.4, -0.2) is 45.9 Å². The third-order valence-corrected chi connectivity index (χ3v) is 7.98. The molecule has 0 bridgehead atoms. The summed E-state index contributed by atoms with van der Waals surface area (Å²) >= 11 is 1.61. The van der Waals surface area contributed by atoms with Gasteiger partial charge in [0.25, 0.3) is 0 Å². The van der Waals surface area contributed by atoms with Crippen LogP contribution in [-0.2, 0) is 22.3 Å². The molecule has 31 heavy (non-hydrogen) atoms. The first-order valence-corrected chi connectivity index (χ1v) is 12.4. The molecule has 9 heteroatoms. The van der Waals surface area contributed by atoms with Crippen LogP contribution in [0.3, 0.4) is 0 Å². The van der Waals surface area contributed by atoms with Crippen LogP contribution in [0.5, 0.6) is 0 Å². The van der Waals surface area contributed by atoms with Crippen molar-refractivity contribution in [2.24, 2.45) is 0 Å². The van der Waals surface area contributed by atoms with Gasteiger partial charge in [-0.25, -0.2) is 22.7 Å². The molecule has 4 aromatic rings. The molecule has 0 saturated carbocycles. The zero-order chi connectivity index (χ0) is 22.2. The van der Waals surface area contributed by atoms with E-state index in [0.29, 0.717) is 11.3 Å². The minimum Gasteiger partial charge on any atom is -0.328 e.